The second kappa shape index (κ2) is 7.31. The van der Waals surface area contributed by atoms with E-state index in [1.807, 2.05) is 6.07 Å². The molecule has 0 fully saturated rings. The number of halogens is 3. The second-order valence-electron chi connectivity index (χ2n) is 5.00. The number of alkyl halides is 1. The fourth-order valence-corrected chi connectivity index (χ4v) is 5.47. The zero-order valence-electron chi connectivity index (χ0n) is 11.4. The van der Waals surface area contributed by atoms with Crippen LogP contribution in [0.5, 0.6) is 0 Å². The van der Waals surface area contributed by atoms with Gasteiger partial charge in [-0.25, -0.2) is 0 Å². The average Bonchev–Trinajstić information content (AvgIpc) is 2.79. The van der Waals surface area contributed by atoms with E-state index in [2.05, 4.69) is 60.1 Å². The van der Waals surface area contributed by atoms with Gasteiger partial charge in [0, 0.05) is 10.7 Å². The lowest BCUT2D eigenvalue weighted by molar-refractivity contribution is 0.441. The summed E-state index contributed by atoms with van der Waals surface area (Å²) in [7, 11) is 0. The highest BCUT2D eigenvalue weighted by molar-refractivity contribution is 9.09. The molecular formula is C16H17BrCl2S. The first-order chi connectivity index (χ1) is 9.54. The first kappa shape index (κ1) is 16.4. The van der Waals surface area contributed by atoms with Crippen molar-refractivity contribution in [2.24, 2.45) is 5.92 Å². The molecular weight excluding hydrogens is 375 g/mol. The molecule has 2 aromatic rings. The van der Waals surface area contributed by atoms with Crippen LogP contribution in [0, 0.1) is 5.92 Å². The number of rotatable bonds is 5. The van der Waals surface area contributed by atoms with Gasteiger partial charge in [0.1, 0.15) is 0 Å². The highest BCUT2D eigenvalue weighted by Gasteiger charge is 2.29. The minimum atomic E-state index is 0.177. The molecule has 0 N–H and O–H groups in total. The summed E-state index contributed by atoms with van der Waals surface area (Å²) < 4.78 is 1.52. The Balaban J connectivity index is 2.39. The highest BCUT2D eigenvalue weighted by Crippen LogP contribution is 2.48. The molecule has 3 unspecified atom stereocenters. The minimum Gasteiger partial charge on any atom is -0.111 e. The molecule has 20 heavy (non-hydrogen) atoms. The molecule has 1 aromatic heterocycles. The molecule has 108 valence electrons. The lowest BCUT2D eigenvalue weighted by Crippen LogP contribution is -2.14. The van der Waals surface area contributed by atoms with E-state index in [0.29, 0.717) is 11.8 Å². The van der Waals surface area contributed by atoms with Crippen molar-refractivity contribution in [3.05, 3.63) is 56.2 Å². The van der Waals surface area contributed by atoms with Gasteiger partial charge in [-0.15, -0.1) is 11.3 Å². The minimum absolute atomic E-state index is 0.177. The zero-order chi connectivity index (χ0) is 14.7. The van der Waals surface area contributed by atoms with Crippen molar-refractivity contribution in [2.75, 3.05) is 0 Å². The van der Waals surface area contributed by atoms with Crippen LogP contribution in [0.15, 0.2) is 36.4 Å². The Hall–Kier alpha value is -0.0200. The van der Waals surface area contributed by atoms with E-state index < -0.39 is 0 Å². The summed E-state index contributed by atoms with van der Waals surface area (Å²) in [4.78, 5) is 0.177. The molecule has 1 heterocycles. The van der Waals surface area contributed by atoms with E-state index in [1.165, 1.54) is 16.9 Å². The largest absolute Gasteiger partial charge is 0.111 e. The fraction of sp³-hybridized carbons (Fsp3) is 0.375. The Morgan fingerprint density at radius 2 is 1.85 bits per heavy atom. The van der Waals surface area contributed by atoms with Crippen LogP contribution in [0.3, 0.4) is 0 Å². The van der Waals surface area contributed by atoms with Crippen molar-refractivity contribution >= 4 is 50.5 Å². The quantitative estimate of drug-likeness (QED) is 0.468. The van der Waals surface area contributed by atoms with Gasteiger partial charge in [0.15, 0.2) is 0 Å². The third-order valence-corrected chi connectivity index (χ3v) is 6.32. The van der Waals surface area contributed by atoms with Gasteiger partial charge < -0.3 is 0 Å². The molecule has 0 aliphatic rings. The lowest BCUT2D eigenvalue weighted by atomic mass is 9.81. The monoisotopic (exact) mass is 390 g/mol. The summed E-state index contributed by atoms with van der Waals surface area (Å²) in [5.41, 5.74) is 2.43. The predicted molar refractivity (Wildman–Crippen MR) is 94.6 cm³/mol. The molecule has 0 bridgehead atoms. The maximum absolute atomic E-state index is 6.32. The summed E-state index contributed by atoms with van der Waals surface area (Å²) in [6.07, 6.45) is 1.12. The summed E-state index contributed by atoms with van der Waals surface area (Å²) >= 11 is 17.7. The van der Waals surface area contributed by atoms with E-state index >= 15 is 0 Å². The molecule has 0 spiro atoms. The molecule has 3 atom stereocenters. The van der Waals surface area contributed by atoms with Crippen LogP contribution < -0.4 is 0 Å². The van der Waals surface area contributed by atoms with Crippen molar-refractivity contribution < 1.29 is 0 Å². The normalized spacial score (nSPS) is 15.8. The van der Waals surface area contributed by atoms with Crippen molar-refractivity contribution in [3.8, 4) is 0 Å². The van der Waals surface area contributed by atoms with Gasteiger partial charge in [-0.2, -0.15) is 0 Å². The van der Waals surface area contributed by atoms with Gasteiger partial charge in [-0.3, -0.25) is 0 Å². The maximum atomic E-state index is 6.32. The first-order valence-electron chi connectivity index (χ1n) is 6.68. The lowest BCUT2D eigenvalue weighted by Gasteiger charge is -2.28. The third-order valence-electron chi connectivity index (χ3n) is 3.74. The fourth-order valence-electron chi connectivity index (χ4n) is 2.45. The Morgan fingerprint density at radius 1 is 1.20 bits per heavy atom. The Bertz CT molecular complexity index is 553. The molecule has 4 heteroatoms. The number of hydrogen-bond donors (Lipinski definition) is 0. The summed E-state index contributed by atoms with van der Waals surface area (Å²) in [6.45, 7) is 4.51. The van der Waals surface area contributed by atoms with E-state index in [0.717, 1.165) is 20.7 Å². The molecule has 0 radical (unpaired) electrons. The molecule has 0 saturated carbocycles. The van der Waals surface area contributed by atoms with E-state index in [1.54, 1.807) is 0 Å². The van der Waals surface area contributed by atoms with E-state index in [4.69, 9.17) is 23.2 Å². The van der Waals surface area contributed by atoms with Crippen molar-refractivity contribution in [3.63, 3.8) is 0 Å². The van der Waals surface area contributed by atoms with Crippen LogP contribution in [0.4, 0.5) is 0 Å². The Morgan fingerprint density at radius 3 is 2.35 bits per heavy atom. The van der Waals surface area contributed by atoms with Crippen LogP contribution >= 0.6 is 50.5 Å². The standard InChI is InChI=1S/C16H17BrCl2S/c1-3-10(2)14(11-7-5-4-6-8-11)15(17)12-9-13(18)20-16(12)19/h4-10,14-15H,3H2,1-2H3. The summed E-state index contributed by atoms with van der Waals surface area (Å²) in [6, 6.07) is 12.6. The highest BCUT2D eigenvalue weighted by atomic mass is 79.9. The van der Waals surface area contributed by atoms with Crippen LogP contribution in [0.1, 0.15) is 42.1 Å². The van der Waals surface area contributed by atoms with Crippen molar-refractivity contribution in [2.45, 2.75) is 31.0 Å². The smallest absolute Gasteiger partial charge is 0.0987 e. The second-order valence-corrected chi connectivity index (χ2v) is 8.28. The van der Waals surface area contributed by atoms with E-state index in [-0.39, 0.29) is 4.83 Å². The Kier molecular flexibility index (Phi) is 5.97. The topological polar surface area (TPSA) is 0 Å². The molecule has 0 amide bonds. The number of benzene rings is 1. The number of thiophene rings is 1. The summed E-state index contributed by atoms with van der Waals surface area (Å²) in [5, 5.41) is 0. The molecule has 2 rings (SSSR count). The average molecular weight is 392 g/mol. The van der Waals surface area contributed by atoms with Crippen molar-refractivity contribution in [1.82, 2.24) is 0 Å². The van der Waals surface area contributed by atoms with Crippen LogP contribution in [-0.2, 0) is 0 Å². The molecule has 1 aromatic carbocycles. The van der Waals surface area contributed by atoms with Crippen LogP contribution in [0.2, 0.25) is 8.67 Å². The van der Waals surface area contributed by atoms with Crippen LogP contribution in [-0.4, -0.2) is 0 Å². The van der Waals surface area contributed by atoms with E-state index in [9.17, 15) is 0 Å². The number of hydrogen-bond acceptors (Lipinski definition) is 1. The molecule has 0 nitrogen and oxygen atoms in total. The molecule has 0 aliphatic carbocycles. The zero-order valence-corrected chi connectivity index (χ0v) is 15.4. The summed E-state index contributed by atoms with van der Waals surface area (Å²) in [5.74, 6) is 0.931. The third kappa shape index (κ3) is 3.59. The molecule has 0 aliphatic heterocycles. The maximum Gasteiger partial charge on any atom is 0.0987 e. The van der Waals surface area contributed by atoms with Crippen molar-refractivity contribution in [1.29, 1.82) is 0 Å². The van der Waals surface area contributed by atoms with Gasteiger partial charge in [0.2, 0.25) is 0 Å². The van der Waals surface area contributed by atoms with Crippen LogP contribution in [0.25, 0.3) is 0 Å². The predicted octanol–water partition coefficient (Wildman–Crippen LogP) is 7.32. The molecule has 0 saturated heterocycles. The van der Waals surface area contributed by atoms with Gasteiger partial charge in [-0.05, 0) is 23.1 Å². The van der Waals surface area contributed by atoms with Gasteiger partial charge >= 0.3 is 0 Å². The van der Waals surface area contributed by atoms with Gasteiger partial charge in [0.25, 0.3) is 0 Å². The van der Waals surface area contributed by atoms with Gasteiger partial charge in [-0.1, -0.05) is 89.7 Å². The first-order valence-corrected chi connectivity index (χ1v) is 9.17. The Labute approximate surface area is 143 Å². The van der Waals surface area contributed by atoms with Gasteiger partial charge in [0.05, 0.1) is 8.67 Å². The SMILES string of the molecule is CCC(C)C(c1ccccc1)C(Br)c1cc(Cl)sc1Cl.